The van der Waals surface area contributed by atoms with Crippen LogP contribution in [0.3, 0.4) is 0 Å². The predicted octanol–water partition coefficient (Wildman–Crippen LogP) is 2.33. The normalized spacial score (nSPS) is 18.1. The summed E-state index contributed by atoms with van der Waals surface area (Å²) in [7, 11) is 0. The maximum absolute atomic E-state index is 5.74. The molecule has 1 aromatic rings. The molecule has 1 aromatic heterocycles. The van der Waals surface area contributed by atoms with Gasteiger partial charge < -0.3 is 10.1 Å². The lowest BCUT2D eigenvalue weighted by Crippen LogP contribution is -2.28. The monoisotopic (exact) mass is 212 g/mol. The van der Waals surface area contributed by atoms with Crippen LogP contribution in [-0.2, 0) is 4.74 Å². The maximum atomic E-state index is 5.74. The number of ether oxygens (including phenoxy) is 1. The van der Waals surface area contributed by atoms with E-state index in [1.165, 1.54) is 0 Å². The van der Waals surface area contributed by atoms with Gasteiger partial charge in [0, 0.05) is 25.5 Å². The second-order valence-electron chi connectivity index (χ2n) is 3.39. The molecule has 1 fully saturated rings. The van der Waals surface area contributed by atoms with Gasteiger partial charge in [0.2, 0.25) is 0 Å². The molecule has 3 nitrogen and oxygen atoms in total. The molecule has 0 radical (unpaired) electrons. The molecule has 76 valence electrons. The largest absolute Gasteiger partial charge is 0.381 e. The Hall–Kier alpha value is -0.800. The van der Waals surface area contributed by atoms with Crippen LogP contribution in [0.4, 0.5) is 5.82 Å². The molecule has 14 heavy (non-hydrogen) atoms. The number of hydrogen-bond acceptors (Lipinski definition) is 3. The van der Waals surface area contributed by atoms with Gasteiger partial charge in [-0.1, -0.05) is 11.6 Å². The molecule has 0 aromatic carbocycles. The van der Waals surface area contributed by atoms with E-state index in [0.717, 1.165) is 31.9 Å². The van der Waals surface area contributed by atoms with Gasteiger partial charge in [0.15, 0.2) is 0 Å². The van der Waals surface area contributed by atoms with Crippen molar-refractivity contribution in [3.8, 4) is 0 Å². The third-order valence-electron chi connectivity index (χ3n) is 2.30. The standard InChI is InChI=1S/C10H13ClN2O/c11-8-1-2-10(12-7-8)13-9-3-5-14-6-4-9/h1-2,7,9H,3-6H2,(H,12,13). The molecule has 0 amide bonds. The third kappa shape index (κ3) is 2.59. The van der Waals surface area contributed by atoms with E-state index < -0.39 is 0 Å². The Morgan fingerprint density at radius 2 is 2.14 bits per heavy atom. The van der Waals surface area contributed by atoms with Gasteiger partial charge in [-0.25, -0.2) is 4.98 Å². The van der Waals surface area contributed by atoms with Gasteiger partial charge in [0.1, 0.15) is 5.82 Å². The Balaban J connectivity index is 1.92. The third-order valence-corrected chi connectivity index (χ3v) is 2.52. The van der Waals surface area contributed by atoms with Gasteiger partial charge in [0.25, 0.3) is 0 Å². The van der Waals surface area contributed by atoms with Crippen molar-refractivity contribution >= 4 is 17.4 Å². The van der Waals surface area contributed by atoms with Gasteiger partial charge in [-0.05, 0) is 25.0 Å². The van der Waals surface area contributed by atoms with E-state index in [2.05, 4.69) is 10.3 Å². The number of hydrogen-bond donors (Lipinski definition) is 1. The number of pyridine rings is 1. The van der Waals surface area contributed by atoms with Crippen molar-refractivity contribution in [3.63, 3.8) is 0 Å². The lowest BCUT2D eigenvalue weighted by Gasteiger charge is -2.23. The van der Waals surface area contributed by atoms with Crippen LogP contribution in [0.15, 0.2) is 18.3 Å². The smallest absolute Gasteiger partial charge is 0.126 e. The minimum Gasteiger partial charge on any atom is -0.381 e. The van der Waals surface area contributed by atoms with E-state index in [1.807, 2.05) is 12.1 Å². The lowest BCUT2D eigenvalue weighted by molar-refractivity contribution is 0.0904. The number of nitrogens with one attached hydrogen (secondary N) is 1. The zero-order chi connectivity index (χ0) is 9.80. The Labute approximate surface area is 88.4 Å². The lowest BCUT2D eigenvalue weighted by atomic mass is 10.1. The summed E-state index contributed by atoms with van der Waals surface area (Å²) in [4.78, 5) is 4.19. The zero-order valence-corrected chi connectivity index (χ0v) is 8.63. The van der Waals surface area contributed by atoms with Crippen LogP contribution in [-0.4, -0.2) is 24.2 Å². The quantitative estimate of drug-likeness (QED) is 0.817. The SMILES string of the molecule is Clc1ccc(NC2CCOCC2)nc1. The number of halogens is 1. The van der Waals surface area contributed by atoms with Crippen molar-refractivity contribution in [2.45, 2.75) is 18.9 Å². The van der Waals surface area contributed by atoms with E-state index in [-0.39, 0.29) is 0 Å². The highest BCUT2D eigenvalue weighted by atomic mass is 35.5. The van der Waals surface area contributed by atoms with Crippen molar-refractivity contribution in [2.75, 3.05) is 18.5 Å². The summed E-state index contributed by atoms with van der Waals surface area (Å²) >= 11 is 5.74. The van der Waals surface area contributed by atoms with Crippen LogP contribution in [0.1, 0.15) is 12.8 Å². The molecule has 0 saturated carbocycles. The molecular formula is C10H13ClN2O. The average molecular weight is 213 g/mol. The Bertz CT molecular complexity index is 283. The van der Waals surface area contributed by atoms with E-state index in [0.29, 0.717) is 11.1 Å². The van der Waals surface area contributed by atoms with Crippen LogP contribution in [0.5, 0.6) is 0 Å². The molecule has 0 unspecified atom stereocenters. The summed E-state index contributed by atoms with van der Waals surface area (Å²) in [5.41, 5.74) is 0. The fraction of sp³-hybridized carbons (Fsp3) is 0.500. The summed E-state index contributed by atoms with van der Waals surface area (Å²) in [5.74, 6) is 0.890. The molecule has 0 bridgehead atoms. The average Bonchev–Trinajstić information content (AvgIpc) is 2.23. The Morgan fingerprint density at radius 1 is 1.36 bits per heavy atom. The topological polar surface area (TPSA) is 34.1 Å². The minimum atomic E-state index is 0.484. The summed E-state index contributed by atoms with van der Waals surface area (Å²) in [5, 5.41) is 4.03. The van der Waals surface area contributed by atoms with Gasteiger partial charge in [-0.2, -0.15) is 0 Å². The Morgan fingerprint density at radius 3 is 2.79 bits per heavy atom. The minimum absolute atomic E-state index is 0.484. The van der Waals surface area contributed by atoms with Crippen LogP contribution in [0.25, 0.3) is 0 Å². The van der Waals surface area contributed by atoms with E-state index >= 15 is 0 Å². The second kappa shape index (κ2) is 4.62. The van der Waals surface area contributed by atoms with Crippen LogP contribution >= 0.6 is 11.6 Å². The summed E-state index contributed by atoms with van der Waals surface area (Å²) < 4.78 is 5.28. The van der Waals surface area contributed by atoms with Gasteiger partial charge >= 0.3 is 0 Å². The molecule has 2 heterocycles. The Kier molecular flexibility index (Phi) is 3.22. The van der Waals surface area contributed by atoms with Crippen molar-refractivity contribution in [1.29, 1.82) is 0 Å². The van der Waals surface area contributed by atoms with E-state index in [1.54, 1.807) is 6.20 Å². The first kappa shape index (κ1) is 9.74. The molecule has 1 saturated heterocycles. The molecular weight excluding hydrogens is 200 g/mol. The van der Waals surface area contributed by atoms with Crippen molar-refractivity contribution in [2.24, 2.45) is 0 Å². The van der Waals surface area contributed by atoms with Crippen molar-refractivity contribution in [1.82, 2.24) is 4.98 Å². The summed E-state index contributed by atoms with van der Waals surface area (Å²) in [6.45, 7) is 1.68. The van der Waals surface area contributed by atoms with Crippen LogP contribution in [0.2, 0.25) is 5.02 Å². The molecule has 1 aliphatic rings. The van der Waals surface area contributed by atoms with Gasteiger partial charge in [-0.3, -0.25) is 0 Å². The first-order chi connectivity index (χ1) is 6.84. The molecule has 0 atom stereocenters. The zero-order valence-electron chi connectivity index (χ0n) is 7.87. The molecule has 1 N–H and O–H groups in total. The number of nitrogens with zero attached hydrogens (tertiary/aromatic N) is 1. The van der Waals surface area contributed by atoms with E-state index in [4.69, 9.17) is 16.3 Å². The van der Waals surface area contributed by atoms with Gasteiger partial charge in [0.05, 0.1) is 5.02 Å². The first-order valence-corrected chi connectivity index (χ1v) is 5.18. The molecule has 0 spiro atoms. The second-order valence-corrected chi connectivity index (χ2v) is 3.83. The molecule has 2 rings (SSSR count). The fourth-order valence-corrected chi connectivity index (χ4v) is 1.62. The summed E-state index contributed by atoms with van der Waals surface area (Å²) in [6.07, 6.45) is 3.75. The number of anilines is 1. The highest BCUT2D eigenvalue weighted by Gasteiger charge is 2.13. The highest BCUT2D eigenvalue weighted by molar-refractivity contribution is 6.30. The first-order valence-electron chi connectivity index (χ1n) is 4.80. The van der Waals surface area contributed by atoms with Crippen LogP contribution in [0, 0.1) is 0 Å². The number of aromatic nitrogens is 1. The van der Waals surface area contributed by atoms with Crippen molar-refractivity contribution < 1.29 is 4.74 Å². The van der Waals surface area contributed by atoms with E-state index in [9.17, 15) is 0 Å². The molecule has 1 aliphatic heterocycles. The maximum Gasteiger partial charge on any atom is 0.126 e. The molecule has 4 heteroatoms. The summed E-state index contributed by atoms with van der Waals surface area (Å²) in [6, 6.07) is 4.23. The molecule has 0 aliphatic carbocycles. The fourth-order valence-electron chi connectivity index (χ4n) is 1.51. The predicted molar refractivity (Wildman–Crippen MR) is 56.7 cm³/mol. The highest BCUT2D eigenvalue weighted by Crippen LogP contribution is 2.14. The van der Waals surface area contributed by atoms with Crippen molar-refractivity contribution in [3.05, 3.63) is 23.4 Å². The van der Waals surface area contributed by atoms with Crippen LogP contribution < -0.4 is 5.32 Å². The number of rotatable bonds is 2. The van der Waals surface area contributed by atoms with Gasteiger partial charge in [-0.15, -0.1) is 0 Å².